The minimum atomic E-state index is -4.38. The molecule has 2 rings (SSSR count). The molecule has 142 valence electrons. The molecule has 2 N–H and O–H groups in total. The molecule has 0 saturated carbocycles. The summed E-state index contributed by atoms with van der Waals surface area (Å²) in [6.45, 7) is 6.33. The molecule has 8 heteroatoms. The number of urea groups is 1. The van der Waals surface area contributed by atoms with E-state index in [1.54, 1.807) is 24.6 Å². The van der Waals surface area contributed by atoms with Crippen LogP contribution in [0.15, 0.2) is 24.3 Å². The Morgan fingerprint density at radius 3 is 2.65 bits per heavy atom. The lowest BCUT2D eigenvalue weighted by atomic mass is 10.1. The number of hydrogen-bond donors (Lipinski definition) is 2. The van der Waals surface area contributed by atoms with Crippen LogP contribution in [-0.4, -0.2) is 22.4 Å². The van der Waals surface area contributed by atoms with Crippen LogP contribution in [0.5, 0.6) is 0 Å². The molecule has 0 unspecified atom stereocenters. The predicted molar refractivity (Wildman–Crippen MR) is 94.2 cm³/mol. The summed E-state index contributed by atoms with van der Waals surface area (Å²) < 4.78 is 40.1. The number of halogens is 3. The van der Waals surface area contributed by atoms with Crippen molar-refractivity contribution < 1.29 is 18.0 Å². The number of hydrogen-bond acceptors (Lipinski definition) is 2. The molecule has 1 heterocycles. The summed E-state index contributed by atoms with van der Waals surface area (Å²) >= 11 is 0. The smallest absolute Gasteiger partial charge is 0.338 e. The monoisotopic (exact) mass is 368 g/mol. The van der Waals surface area contributed by atoms with Gasteiger partial charge in [0.25, 0.3) is 0 Å². The van der Waals surface area contributed by atoms with Gasteiger partial charge in [-0.05, 0) is 38.0 Å². The number of alkyl halides is 3. The fourth-order valence-corrected chi connectivity index (χ4v) is 2.59. The van der Waals surface area contributed by atoms with E-state index in [1.165, 1.54) is 6.07 Å². The maximum absolute atomic E-state index is 12.8. The highest BCUT2D eigenvalue weighted by molar-refractivity contribution is 5.90. The van der Waals surface area contributed by atoms with Gasteiger partial charge in [0.1, 0.15) is 0 Å². The molecule has 0 aliphatic rings. The first-order chi connectivity index (χ1) is 12.2. The van der Waals surface area contributed by atoms with Gasteiger partial charge in [-0.15, -0.1) is 0 Å². The third-order valence-corrected chi connectivity index (χ3v) is 4.02. The van der Waals surface area contributed by atoms with Crippen LogP contribution in [0.4, 0.5) is 23.7 Å². The number of aromatic nitrogens is 2. The highest BCUT2D eigenvalue weighted by Gasteiger charge is 2.30. The van der Waals surface area contributed by atoms with Gasteiger partial charge >= 0.3 is 12.2 Å². The third-order valence-electron chi connectivity index (χ3n) is 4.02. The van der Waals surface area contributed by atoms with E-state index in [1.807, 2.05) is 6.92 Å². The Balaban J connectivity index is 2.14. The van der Waals surface area contributed by atoms with Crippen LogP contribution < -0.4 is 10.6 Å². The molecule has 2 amide bonds. The molecule has 0 fully saturated rings. The van der Waals surface area contributed by atoms with Gasteiger partial charge in [0.15, 0.2) is 0 Å². The van der Waals surface area contributed by atoms with Crippen LogP contribution in [0.2, 0.25) is 0 Å². The summed E-state index contributed by atoms with van der Waals surface area (Å²) in [6.07, 6.45) is -2.51. The summed E-state index contributed by atoms with van der Waals surface area (Å²) in [7, 11) is 0. The van der Waals surface area contributed by atoms with Crippen LogP contribution in [0.25, 0.3) is 0 Å². The molecule has 2 aromatic rings. The van der Waals surface area contributed by atoms with Crippen LogP contribution in [0.1, 0.15) is 42.3 Å². The number of unbranched alkanes of at least 4 members (excludes halogenated alkanes) is 1. The second-order valence-corrected chi connectivity index (χ2v) is 6.14. The SMILES string of the molecule is CCCCNC(=O)Nc1c(C)nn(Cc2cccc(C(F)(F)F)c2)c1C. The second kappa shape index (κ2) is 8.25. The Kier molecular flexibility index (Phi) is 6.28. The van der Waals surface area contributed by atoms with E-state index in [4.69, 9.17) is 0 Å². The number of carbonyl (C=O) groups is 1. The quantitative estimate of drug-likeness (QED) is 0.738. The molecule has 0 aliphatic carbocycles. The van der Waals surface area contributed by atoms with E-state index in [-0.39, 0.29) is 12.6 Å². The van der Waals surface area contributed by atoms with Crippen molar-refractivity contribution >= 4 is 11.7 Å². The van der Waals surface area contributed by atoms with Crippen LogP contribution in [0, 0.1) is 13.8 Å². The van der Waals surface area contributed by atoms with Crippen LogP contribution in [0.3, 0.4) is 0 Å². The normalized spacial score (nSPS) is 11.5. The standard InChI is InChI=1S/C18H23F3N4O/c1-4-5-9-22-17(26)23-16-12(2)24-25(13(16)3)11-14-7-6-8-15(10-14)18(19,20)21/h6-8,10H,4-5,9,11H2,1-3H3,(H2,22,23,26). The summed E-state index contributed by atoms with van der Waals surface area (Å²) in [5, 5.41) is 9.86. The number of amides is 2. The van der Waals surface area contributed by atoms with E-state index in [0.717, 1.165) is 25.0 Å². The minimum Gasteiger partial charge on any atom is -0.338 e. The van der Waals surface area contributed by atoms with Crippen molar-refractivity contribution in [3.05, 3.63) is 46.8 Å². The Labute approximate surface area is 150 Å². The first kappa shape index (κ1) is 19.8. The maximum atomic E-state index is 12.8. The minimum absolute atomic E-state index is 0.190. The van der Waals surface area contributed by atoms with Gasteiger partial charge in [-0.2, -0.15) is 18.3 Å². The molecule has 0 atom stereocenters. The van der Waals surface area contributed by atoms with Crippen LogP contribution in [-0.2, 0) is 12.7 Å². The predicted octanol–water partition coefficient (Wildman–Crippen LogP) is 4.49. The first-order valence-electron chi connectivity index (χ1n) is 8.47. The Morgan fingerprint density at radius 2 is 2.00 bits per heavy atom. The Bertz CT molecular complexity index is 768. The van der Waals surface area contributed by atoms with Gasteiger partial charge in [0.05, 0.1) is 29.2 Å². The lowest BCUT2D eigenvalue weighted by Gasteiger charge is -2.10. The van der Waals surface area contributed by atoms with Crippen molar-refractivity contribution in [3.63, 3.8) is 0 Å². The lowest BCUT2D eigenvalue weighted by Crippen LogP contribution is -2.29. The number of carbonyl (C=O) groups excluding carboxylic acids is 1. The van der Waals surface area contributed by atoms with Gasteiger partial charge in [-0.1, -0.05) is 25.5 Å². The largest absolute Gasteiger partial charge is 0.416 e. The first-order valence-corrected chi connectivity index (χ1v) is 8.47. The van der Waals surface area contributed by atoms with Gasteiger partial charge in [-0.3, -0.25) is 4.68 Å². The molecule has 1 aromatic heterocycles. The zero-order valence-electron chi connectivity index (χ0n) is 15.1. The average molecular weight is 368 g/mol. The number of aryl methyl sites for hydroxylation is 1. The number of nitrogens with one attached hydrogen (secondary N) is 2. The van der Waals surface area contributed by atoms with Crippen molar-refractivity contribution in [1.29, 1.82) is 0 Å². The van der Waals surface area contributed by atoms with Gasteiger partial charge in [0, 0.05) is 6.54 Å². The summed E-state index contributed by atoms with van der Waals surface area (Å²) in [6, 6.07) is 4.84. The van der Waals surface area contributed by atoms with Crippen molar-refractivity contribution in [2.75, 3.05) is 11.9 Å². The van der Waals surface area contributed by atoms with Gasteiger partial charge in [-0.25, -0.2) is 4.79 Å². The van der Waals surface area contributed by atoms with E-state index < -0.39 is 11.7 Å². The fourth-order valence-electron chi connectivity index (χ4n) is 2.59. The Hall–Kier alpha value is -2.51. The summed E-state index contributed by atoms with van der Waals surface area (Å²) in [4.78, 5) is 11.9. The highest BCUT2D eigenvalue weighted by atomic mass is 19.4. The topological polar surface area (TPSA) is 59.0 Å². The molecule has 0 bridgehead atoms. The number of anilines is 1. The second-order valence-electron chi connectivity index (χ2n) is 6.14. The number of benzene rings is 1. The van der Waals surface area contributed by atoms with Crippen molar-refractivity contribution in [2.24, 2.45) is 0 Å². The fraction of sp³-hybridized carbons (Fsp3) is 0.444. The van der Waals surface area contributed by atoms with Gasteiger partial charge in [0.2, 0.25) is 0 Å². The summed E-state index contributed by atoms with van der Waals surface area (Å²) in [5.74, 6) is 0. The van der Waals surface area contributed by atoms with E-state index in [2.05, 4.69) is 15.7 Å². The van der Waals surface area contributed by atoms with Gasteiger partial charge < -0.3 is 10.6 Å². The van der Waals surface area contributed by atoms with Crippen molar-refractivity contribution in [3.8, 4) is 0 Å². The molecule has 0 radical (unpaired) electrons. The molecule has 26 heavy (non-hydrogen) atoms. The lowest BCUT2D eigenvalue weighted by molar-refractivity contribution is -0.137. The number of nitrogens with zero attached hydrogens (tertiary/aromatic N) is 2. The third kappa shape index (κ3) is 5.00. The van der Waals surface area contributed by atoms with Crippen molar-refractivity contribution in [2.45, 2.75) is 46.3 Å². The van der Waals surface area contributed by atoms with E-state index in [0.29, 0.717) is 29.2 Å². The zero-order valence-corrected chi connectivity index (χ0v) is 15.1. The summed E-state index contributed by atoms with van der Waals surface area (Å²) in [5.41, 5.74) is 1.67. The molecule has 5 nitrogen and oxygen atoms in total. The highest BCUT2D eigenvalue weighted by Crippen LogP contribution is 2.30. The maximum Gasteiger partial charge on any atom is 0.416 e. The molecule has 0 spiro atoms. The zero-order chi connectivity index (χ0) is 19.3. The van der Waals surface area contributed by atoms with E-state index in [9.17, 15) is 18.0 Å². The van der Waals surface area contributed by atoms with Crippen LogP contribution >= 0.6 is 0 Å². The molecular weight excluding hydrogens is 345 g/mol. The van der Waals surface area contributed by atoms with E-state index >= 15 is 0 Å². The van der Waals surface area contributed by atoms with Crippen molar-refractivity contribution in [1.82, 2.24) is 15.1 Å². The molecule has 1 aromatic carbocycles. The molecule has 0 aliphatic heterocycles. The molecular formula is C18H23F3N4O. The average Bonchev–Trinajstić information content (AvgIpc) is 2.82. The Morgan fingerprint density at radius 1 is 1.27 bits per heavy atom. The molecule has 0 saturated heterocycles. The number of rotatable bonds is 6.